The maximum Gasteiger partial charge on any atom is 0.252 e. The Labute approximate surface area is 100 Å². The van der Waals surface area contributed by atoms with Gasteiger partial charge in [0.2, 0.25) is 5.95 Å². The fraction of sp³-hybridized carbons (Fsp3) is 0.667. The molecule has 92 valence electrons. The molecule has 0 spiro atoms. The van der Waals surface area contributed by atoms with E-state index in [1.165, 1.54) is 25.5 Å². The maximum absolute atomic E-state index is 11.4. The fourth-order valence-electron chi connectivity index (χ4n) is 2.90. The zero-order chi connectivity index (χ0) is 11.8. The lowest BCUT2D eigenvalue weighted by molar-refractivity contribution is 0.229. The molecule has 0 saturated carbocycles. The third-order valence-electron chi connectivity index (χ3n) is 3.74. The highest BCUT2D eigenvalue weighted by Crippen LogP contribution is 2.23. The number of aryl methyl sites for hydroxylation is 1. The normalized spacial score (nSPS) is 25.0. The number of nitrogens with one attached hydrogen (secondary N) is 1. The molecule has 5 nitrogen and oxygen atoms in total. The van der Waals surface area contributed by atoms with Crippen LogP contribution in [0.4, 0.5) is 5.95 Å². The van der Waals surface area contributed by atoms with E-state index < -0.39 is 0 Å². The summed E-state index contributed by atoms with van der Waals surface area (Å²) in [6.07, 6.45) is 2.57. The monoisotopic (exact) mass is 234 g/mol. The topological polar surface area (TPSA) is 52.2 Å². The first kappa shape index (κ1) is 10.8. The molecule has 0 radical (unpaired) electrons. The van der Waals surface area contributed by atoms with Crippen LogP contribution in [-0.4, -0.2) is 47.1 Å². The first-order chi connectivity index (χ1) is 8.22. The van der Waals surface area contributed by atoms with Crippen LogP contribution < -0.4 is 10.5 Å². The Morgan fingerprint density at radius 3 is 3.12 bits per heavy atom. The minimum absolute atomic E-state index is 0.0543. The van der Waals surface area contributed by atoms with Crippen molar-refractivity contribution in [1.82, 2.24) is 14.9 Å². The minimum Gasteiger partial charge on any atom is -0.339 e. The molecule has 2 aliphatic rings. The van der Waals surface area contributed by atoms with Gasteiger partial charge in [-0.2, -0.15) is 0 Å². The summed E-state index contributed by atoms with van der Waals surface area (Å²) in [5.41, 5.74) is 0.735. The smallest absolute Gasteiger partial charge is 0.252 e. The van der Waals surface area contributed by atoms with Crippen LogP contribution in [0.1, 0.15) is 18.5 Å². The molecule has 1 unspecified atom stereocenters. The lowest BCUT2D eigenvalue weighted by Gasteiger charge is -2.37. The molecule has 2 aliphatic heterocycles. The van der Waals surface area contributed by atoms with Gasteiger partial charge in [-0.25, -0.2) is 4.98 Å². The second-order valence-corrected chi connectivity index (χ2v) is 4.99. The Bertz CT molecular complexity index is 470. The first-order valence-electron chi connectivity index (χ1n) is 6.29. The highest BCUT2D eigenvalue weighted by atomic mass is 16.1. The molecular formula is C12H18N4O. The first-order valence-corrected chi connectivity index (χ1v) is 6.29. The number of H-pyrrole nitrogens is 1. The van der Waals surface area contributed by atoms with Gasteiger partial charge >= 0.3 is 0 Å². The van der Waals surface area contributed by atoms with E-state index in [-0.39, 0.29) is 5.56 Å². The van der Waals surface area contributed by atoms with Crippen LogP contribution in [0.2, 0.25) is 0 Å². The number of hydrogen-bond acceptors (Lipinski definition) is 4. The van der Waals surface area contributed by atoms with Gasteiger partial charge in [0.1, 0.15) is 0 Å². The van der Waals surface area contributed by atoms with E-state index in [0.29, 0.717) is 6.04 Å². The van der Waals surface area contributed by atoms with Crippen LogP contribution in [0.5, 0.6) is 0 Å². The summed E-state index contributed by atoms with van der Waals surface area (Å²) in [5, 5.41) is 0. The second kappa shape index (κ2) is 4.14. The third kappa shape index (κ3) is 2.07. The van der Waals surface area contributed by atoms with Crippen molar-refractivity contribution >= 4 is 5.95 Å². The van der Waals surface area contributed by atoms with E-state index in [4.69, 9.17) is 0 Å². The molecule has 1 atom stereocenters. The van der Waals surface area contributed by atoms with Gasteiger partial charge in [-0.15, -0.1) is 0 Å². The SMILES string of the molecule is Cc1cc(=O)[nH]c(N2CCN3CCCC3C2)n1. The van der Waals surface area contributed by atoms with Gasteiger partial charge in [-0.05, 0) is 26.3 Å². The van der Waals surface area contributed by atoms with Crippen molar-refractivity contribution in [2.45, 2.75) is 25.8 Å². The van der Waals surface area contributed by atoms with Crippen LogP contribution in [0, 0.1) is 6.92 Å². The minimum atomic E-state index is -0.0543. The lowest BCUT2D eigenvalue weighted by atomic mass is 10.2. The molecule has 1 N–H and O–H groups in total. The van der Waals surface area contributed by atoms with Crippen molar-refractivity contribution in [2.75, 3.05) is 31.1 Å². The summed E-state index contributed by atoms with van der Waals surface area (Å²) in [4.78, 5) is 23.5. The zero-order valence-electron chi connectivity index (χ0n) is 10.1. The van der Waals surface area contributed by atoms with E-state index >= 15 is 0 Å². The van der Waals surface area contributed by atoms with Crippen LogP contribution in [0.25, 0.3) is 0 Å². The average molecular weight is 234 g/mol. The van der Waals surface area contributed by atoms with Crippen molar-refractivity contribution in [2.24, 2.45) is 0 Å². The van der Waals surface area contributed by atoms with E-state index in [0.717, 1.165) is 31.3 Å². The van der Waals surface area contributed by atoms with Crippen molar-refractivity contribution in [1.29, 1.82) is 0 Å². The van der Waals surface area contributed by atoms with Gasteiger partial charge in [0.15, 0.2) is 0 Å². The molecule has 3 heterocycles. The van der Waals surface area contributed by atoms with Crippen molar-refractivity contribution in [3.8, 4) is 0 Å². The van der Waals surface area contributed by atoms with E-state index in [2.05, 4.69) is 19.8 Å². The Morgan fingerprint density at radius 2 is 2.29 bits per heavy atom. The summed E-state index contributed by atoms with van der Waals surface area (Å²) >= 11 is 0. The number of hydrogen-bond donors (Lipinski definition) is 1. The predicted molar refractivity (Wildman–Crippen MR) is 66.4 cm³/mol. The maximum atomic E-state index is 11.4. The number of aromatic amines is 1. The van der Waals surface area contributed by atoms with Crippen LogP contribution in [-0.2, 0) is 0 Å². The Morgan fingerprint density at radius 1 is 1.41 bits per heavy atom. The van der Waals surface area contributed by atoms with Gasteiger partial charge in [0, 0.05) is 37.4 Å². The number of rotatable bonds is 1. The van der Waals surface area contributed by atoms with Crippen molar-refractivity contribution < 1.29 is 0 Å². The number of nitrogens with zero attached hydrogens (tertiary/aromatic N) is 3. The van der Waals surface area contributed by atoms with Crippen LogP contribution in [0.3, 0.4) is 0 Å². The highest BCUT2D eigenvalue weighted by Gasteiger charge is 2.31. The van der Waals surface area contributed by atoms with Gasteiger partial charge in [0.25, 0.3) is 5.56 Å². The number of piperazine rings is 1. The molecule has 0 bridgehead atoms. The molecule has 17 heavy (non-hydrogen) atoms. The summed E-state index contributed by atoms with van der Waals surface area (Å²) in [6, 6.07) is 2.18. The van der Waals surface area contributed by atoms with Gasteiger partial charge < -0.3 is 4.90 Å². The molecule has 1 aromatic heterocycles. The number of anilines is 1. The molecule has 0 aromatic carbocycles. The number of aromatic nitrogens is 2. The van der Waals surface area contributed by atoms with Crippen LogP contribution >= 0.6 is 0 Å². The highest BCUT2D eigenvalue weighted by molar-refractivity contribution is 5.31. The molecule has 0 aliphatic carbocycles. The quantitative estimate of drug-likeness (QED) is 0.762. The Hall–Kier alpha value is -1.36. The Kier molecular flexibility index (Phi) is 2.63. The number of fused-ring (bicyclic) bond motifs is 1. The molecule has 5 heteroatoms. The summed E-state index contributed by atoms with van der Waals surface area (Å²) in [5.74, 6) is 0.738. The van der Waals surface area contributed by atoms with Crippen molar-refractivity contribution in [3.63, 3.8) is 0 Å². The largest absolute Gasteiger partial charge is 0.339 e. The van der Waals surface area contributed by atoms with Gasteiger partial charge in [-0.3, -0.25) is 14.7 Å². The van der Waals surface area contributed by atoms with Crippen molar-refractivity contribution in [3.05, 3.63) is 22.1 Å². The Balaban J connectivity index is 1.82. The molecule has 1 aromatic rings. The van der Waals surface area contributed by atoms with E-state index in [9.17, 15) is 4.79 Å². The molecule has 0 amide bonds. The zero-order valence-corrected chi connectivity index (χ0v) is 10.1. The molecule has 2 saturated heterocycles. The van der Waals surface area contributed by atoms with Crippen LogP contribution in [0.15, 0.2) is 10.9 Å². The fourth-order valence-corrected chi connectivity index (χ4v) is 2.90. The second-order valence-electron chi connectivity index (χ2n) is 4.99. The van der Waals surface area contributed by atoms with Gasteiger partial charge in [-0.1, -0.05) is 0 Å². The van der Waals surface area contributed by atoms with Gasteiger partial charge in [0.05, 0.1) is 0 Å². The predicted octanol–water partition coefficient (Wildman–Crippen LogP) is 0.363. The lowest BCUT2D eigenvalue weighted by Crippen LogP contribution is -2.51. The third-order valence-corrected chi connectivity index (χ3v) is 3.74. The summed E-state index contributed by atoms with van der Waals surface area (Å²) in [6.45, 7) is 6.14. The summed E-state index contributed by atoms with van der Waals surface area (Å²) < 4.78 is 0. The van der Waals surface area contributed by atoms with E-state index in [1.807, 2.05) is 6.92 Å². The molecular weight excluding hydrogens is 216 g/mol. The average Bonchev–Trinajstić information content (AvgIpc) is 2.74. The standard InChI is InChI=1S/C12H18N4O/c1-9-7-11(17)14-12(13-9)16-6-5-15-4-2-3-10(15)8-16/h7,10H,2-6,8H2,1H3,(H,13,14,17). The molecule has 2 fully saturated rings. The molecule has 3 rings (SSSR count). The summed E-state index contributed by atoms with van der Waals surface area (Å²) in [7, 11) is 0. The van der Waals surface area contributed by atoms with E-state index in [1.54, 1.807) is 0 Å².